The molecule has 154 valence electrons. The summed E-state index contributed by atoms with van der Waals surface area (Å²) in [7, 11) is -3.57. The summed E-state index contributed by atoms with van der Waals surface area (Å²) in [4.78, 5) is 11.2. The average Bonchev–Trinajstić information content (AvgIpc) is 2.66. The molecule has 0 aromatic heterocycles. The zero-order valence-corrected chi connectivity index (χ0v) is 17.7. The van der Waals surface area contributed by atoms with Crippen LogP contribution in [0.2, 0.25) is 5.21 Å². The van der Waals surface area contributed by atoms with Gasteiger partial charge in [-0.3, -0.25) is 0 Å². The third-order valence-electron chi connectivity index (χ3n) is 4.22. The van der Waals surface area contributed by atoms with Crippen LogP contribution in [0, 0.1) is 0 Å². The summed E-state index contributed by atoms with van der Waals surface area (Å²) in [5, 5.41) is 9.58. The van der Waals surface area contributed by atoms with Crippen molar-refractivity contribution in [3.8, 4) is 5.75 Å². The van der Waals surface area contributed by atoms with Gasteiger partial charge >= 0.3 is 171 Å². The Morgan fingerprint density at radius 3 is 2.45 bits per heavy atom. The summed E-state index contributed by atoms with van der Waals surface area (Å²) in [5.74, 6) is -1.98. The summed E-state index contributed by atoms with van der Waals surface area (Å²) in [6, 6.07) is 12.9. The predicted molar refractivity (Wildman–Crippen MR) is 102 cm³/mol. The Morgan fingerprint density at radius 1 is 1.14 bits per heavy atom. The quantitative estimate of drug-likeness (QED) is 0.632. The number of halogens is 3. The molecular weight excluding hydrogens is 472 g/mol. The Labute approximate surface area is 170 Å². The summed E-state index contributed by atoms with van der Waals surface area (Å²) >= 11 is -1.43. The van der Waals surface area contributed by atoms with Gasteiger partial charge in [-0.05, 0) is 0 Å². The molecule has 5 nitrogen and oxygen atoms in total. The Balaban J connectivity index is 1.82. The molecule has 1 heterocycles. The van der Waals surface area contributed by atoms with Gasteiger partial charge in [-0.25, -0.2) is 0 Å². The molecule has 10 heteroatoms. The molecule has 0 spiro atoms. The van der Waals surface area contributed by atoms with Gasteiger partial charge in [0.1, 0.15) is 0 Å². The van der Waals surface area contributed by atoms with Crippen molar-refractivity contribution in [2.24, 2.45) is 0 Å². The van der Waals surface area contributed by atoms with Crippen LogP contribution >= 0.6 is 0 Å². The van der Waals surface area contributed by atoms with E-state index in [1.165, 1.54) is 12.1 Å². The number of hydrogen-bond donors (Lipinski definition) is 1. The van der Waals surface area contributed by atoms with Crippen LogP contribution in [0.4, 0.5) is 13.2 Å². The minimum atomic E-state index is -4.91. The van der Waals surface area contributed by atoms with E-state index >= 15 is 0 Å². The van der Waals surface area contributed by atoms with Crippen LogP contribution < -0.4 is 4.74 Å². The van der Waals surface area contributed by atoms with Gasteiger partial charge in [0.05, 0.1) is 0 Å². The van der Waals surface area contributed by atoms with E-state index in [4.69, 9.17) is 9.84 Å². The van der Waals surface area contributed by atoms with Crippen LogP contribution in [0.1, 0.15) is 11.1 Å². The van der Waals surface area contributed by atoms with Gasteiger partial charge in [-0.2, -0.15) is 0 Å². The molecule has 2 aromatic rings. The van der Waals surface area contributed by atoms with Gasteiger partial charge < -0.3 is 0 Å². The Morgan fingerprint density at radius 2 is 1.83 bits per heavy atom. The van der Waals surface area contributed by atoms with Crippen LogP contribution in [0.25, 0.3) is 6.08 Å². The number of benzene rings is 2. The molecule has 29 heavy (non-hydrogen) atoms. The van der Waals surface area contributed by atoms with E-state index in [1.54, 1.807) is 0 Å². The van der Waals surface area contributed by atoms with E-state index in [0.29, 0.717) is 11.6 Å². The number of aryl methyl sites for hydroxylation is 1. The summed E-state index contributed by atoms with van der Waals surface area (Å²) < 4.78 is 69.3. The first-order valence-electron chi connectivity index (χ1n) is 8.44. The van der Waals surface area contributed by atoms with Crippen molar-refractivity contribution in [3.63, 3.8) is 0 Å². The Bertz CT molecular complexity index is 1050. The Kier molecular flexibility index (Phi) is 6.10. The molecule has 0 bridgehead atoms. The fourth-order valence-electron chi connectivity index (χ4n) is 2.82. The van der Waals surface area contributed by atoms with Crippen LogP contribution in [0.5, 0.6) is 5.75 Å². The molecule has 2 aromatic carbocycles. The first kappa shape index (κ1) is 21.5. The molecule has 1 aliphatic rings. The second kappa shape index (κ2) is 8.24. The van der Waals surface area contributed by atoms with E-state index in [9.17, 15) is 26.4 Å². The van der Waals surface area contributed by atoms with Crippen molar-refractivity contribution in [3.05, 3.63) is 65.2 Å². The molecule has 2 unspecified atom stereocenters. The number of alkyl halides is 3. The first-order chi connectivity index (χ1) is 13.6. The standard InChI is InChI=1S/C19H16AsF3O5S/c21-19(22,23)17-15(18(24)25)11-13-10-14(6-7-16(13)28-17)29(26,27)20-9-8-12-4-2-1-3-5-12/h1-7,10-11,17,20H,8-9H2,(H,24,25). The topological polar surface area (TPSA) is 80.7 Å². The fraction of sp³-hybridized carbons (Fsp3) is 0.211. The summed E-state index contributed by atoms with van der Waals surface area (Å²) in [6.07, 6.45) is -6.07. The number of carboxylic acid groups (broad SMARTS) is 1. The predicted octanol–water partition coefficient (Wildman–Crippen LogP) is 3.26. The van der Waals surface area contributed by atoms with Crippen molar-refractivity contribution in [2.75, 3.05) is 0 Å². The maximum atomic E-state index is 13.1. The van der Waals surface area contributed by atoms with Crippen LogP contribution in [0.15, 0.2) is 59.0 Å². The van der Waals surface area contributed by atoms with Gasteiger partial charge in [0.15, 0.2) is 0 Å². The summed E-state index contributed by atoms with van der Waals surface area (Å²) in [6.45, 7) is 0. The van der Waals surface area contributed by atoms with Crippen LogP contribution in [0.3, 0.4) is 0 Å². The van der Waals surface area contributed by atoms with E-state index < -0.39 is 46.5 Å². The van der Waals surface area contributed by atoms with Crippen LogP contribution in [-0.4, -0.2) is 46.4 Å². The first-order valence-corrected chi connectivity index (χ1v) is 14.0. The molecule has 0 saturated carbocycles. The molecular formula is C19H16AsF3O5S. The zero-order valence-electron chi connectivity index (χ0n) is 14.8. The SMILES string of the molecule is O=C(O)C1=Cc2cc(S(=O)(=O)[AsH]CCc3ccccc3)ccc2OC1C(F)(F)F. The molecule has 1 N–H and O–H groups in total. The van der Waals surface area contributed by atoms with E-state index in [2.05, 4.69) is 0 Å². The van der Waals surface area contributed by atoms with Crippen molar-refractivity contribution >= 4 is 34.7 Å². The zero-order chi connectivity index (χ0) is 21.2. The number of carbonyl (C=O) groups is 1. The number of rotatable bonds is 6. The third kappa shape index (κ3) is 5.03. The monoisotopic (exact) mass is 488 g/mol. The number of fused-ring (bicyclic) bond motifs is 1. The molecule has 0 radical (unpaired) electrons. The summed E-state index contributed by atoms with van der Waals surface area (Å²) in [5.41, 5.74) is 0.0378. The average molecular weight is 488 g/mol. The molecule has 1 aliphatic heterocycles. The second-order valence-corrected chi connectivity index (χ2v) is 14.3. The van der Waals surface area contributed by atoms with Crippen molar-refractivity contribution in [2.45, 2.75) is 28.8 Å². The van der Waals surface area contributed by atoms with Gasteiger partial charge in [-0.15, -0.1) is 0 Å². The maximum absolute atomic E-state index is 13.1. The number of ether oxygens (including phenoxy) is 1. The number of carboxylic acids is 1. The van der Waals surface area contributed by atoms with Crippen molar-refractivity contribution in [1.82, 2.24) is 0 Å². The number of aliphatic carboxylic acids is 1. The minimum absolute atomic E-state index is 0.00126. The molecule has 0 fully saturated rings. The molecule has 2 atom stereocenters. The van der Waals surface area contributed by atoms with E-state index in [1.807, 2.05) is 30.3 Å². The molecule has 0 saturated heterocycles. The van der Waals surface area contributed by atoms with Crippen molar-refractivity contribution in [1.29, 1.82) is 0 Å². The van der Waals surface area contributed by atoms with E-state index in [0.717, 1.165) is 17.7 Å². The van der Waals surface area contributed by atoms with Gasteiger partial charge in [0, 0.05) is 0 Å². The van der Waals surface area contributed by atoms with Gasteiger partial charge in [0.2, 0.25) is 0 Å². The number of hydrogen-bond acceptors (Lipinski definition) is 4. The molecule has 3 rings (SSSR count). The third-order valence-corrected chi connectivity index (χ3v) is 11.4. The molecule has 0 aliphatic carbocycles. The van der Waals surface area contributed by atoms with Gasteiger partial charge in [-0.1, -0.05) is 0 Å². The van der Waals surface area contributed by atoms with Crippen molar-refractivity contribution < 1.29 is 36.2 Å². The Hall–Kier alpha value is -2.25. The fourth-order valence-corrected chi connectivity index (χ4v) is 8.68. The molecule has 0 amide bonds. The van der Waals surface area contributed by atoms with E-state index in [-0.39, 0.29) is 16.2 Å². The van der Waals surface area contributed by atoms with Gasteiger partial charge in [0.25, 0.3) is 0 Å². The normalized spacial score (nSPS) is 16.9. The second-order valence-electron chi connectivity index (χ2n) is 6.28. The van der Waals surface area contributed by atoms with Crippen LogP contribution in [-0.2, 0) is 19.3 Å².